The first-order chi connectivity index (χ1) is 9.06. The number of benzene rings is 1. The minimum Gasteiger partial charge on any atom is -0.616 e. The van der Waals surface area contributed by atoms with Gasteiger partial charge < -0.3 is 9.11 Å². The Labute approximate surface area is 125 Å². The molecule has 0 aliphatic heterocycles. The van der Waals surface area contributed by atoms with E-state index in [1.807, 2.05) is 24.3 Å². The summed E-state index contributed by atoms with van der Waals surface area (Å²) in [5, 5.41) is 0.328. The summed E-state index contributed by atoms with van der Waals surface area (Å²) in [6.07, 6.45) is 8.64. The van der Waals surface area contributed by atoms with Gasteiger partial charge in [0.25, 0.3) is 0 Å². The Kier molecular flexibility index (Phi) is 5.71. The lowest BCUT2D eigenvalue weighted by Crippen LogP contribution is -2.21. The molecule has 1 aromatic carbocycles. The molecule has 0 amide bonds. The van der Waals surface area contributed by atoms with E-state index in [9.17, 15) is 9.11 Å². The topological polar surface area (TPSA) is 46.1 Å². The Balaban J connectivity index is 1.95. The fourth-order valence-corrected chi connectivity index (χ4v) is 4.34. The molecule has 5 heteroatoms. The van der Waals surface area contributed by atoms with Gasteiger partial charge in [0, 0.05) is 11.3 Å². The van der Waals surface area contributed by atoms with Crippen LogP contribution >= 0.6 is 11.8 Å². The summed E-state index contributed by atoms with van der Waals surface area (Å²) < 4.78 is 22.7. The lowest BCUT2D eigenvalue weighted by Gasteiger charge is -2.22. The van der Waals surface area contributed by atoms with Crippen molar-refractivity contribution in [2.45, 2.75) is 34.3 Å². The second-order valence-electron chi connectivity index (χ2n) is 4.59. The average molecular weight is 314 g/mol. The van der Waals surface area contributed by atoms with Crippen molar-refractivity contribution in [1.82, 2.24) is 0 Å². The summed E-state index contributed by atoms with van der Waals surface area (Å²) in [5.41, 5.74) is 0. The third-order valence-electron chi connectivity index (χ3n) is 3.20. The van der Waals surface area contributed by atoms with E-state index in [0.29, 0.717) is 5.25 Å². The first kappa shape index (κ1) is 15.3. The van der Waals surface area contributed by atoms with E-state index in [0.717, 1.165) is 24.2 Å². The summed E-state index contributed by atoms with van der Waals surface area (Å²) >= 11 is 0.141. The Morgan fingerprint density at radius 2 is 1.84 bits per heavy atom. The molecule has 2 nitrogen and oxygen atoms in total. The molecule has 0 fully saturated rings. The van der Waals surface area contributed by atoms with Crippen LogP contribution in [0.15, 0.2) is 45.0 Å². The molecule has 0 spiro atoms. The maximum absolute atomic E-state index is 11.4. The van der Waals surface area contributed by atoms with Gasteiger partial charge in [-0.15, -0.1) is 0 Å². The third-order valence-corrected chi connectivity index (χ3v) is 6.64. The molecule has 19 heavy (non-hydrogen) atoms. The summed E-state index contributed by atoms with van der Waals surface area (Å²) in [5.74, 6) is 0. The fraction of sp³-hybridized carbons (Fsp3) is 0.429. The highest BCUT2D eigenvalue weighted by atomic mass is 32.2. The molecule has 1 aliphatic carbocycles. The molecule has 0 bridgehead atoms. The van der Waals surface area contributed by atoms with Gasteiger partial charge in [0.05, 0.1) is 6.26 Å². The van der Waals surface area contributed by atoms with Gasteiger partial charge in [0.1, 0.15) is 11.5 Å². The first-order valence-corrected chi connectivity index (χ1v) is 10.2. The van der Waals surface area contributed by atoms with Gasteiger partial charge in [0.2, 0.25) is 0 Å². The van der Waals surface area contributed by atoms with Gasteiger partial charge in [-0.05, 0) is 53.2 Å². The monoisotopic (exact) mass is 314 g/mol. The molecule has 104 valence electrons. The maximum atomic E-state index is 11.4. The molecule has 0 aromatic heterocycles. The normalized spacial score (nSPS) is 22.7. The predicted molar refractivity (Wildman–Crippen MR) is 84.4 cm³/mol. The zero-order valence-electron chi connectivity index (χ0n) is 11.1. The molecule has 3 unspecified atom stereocenters. The number of thioether (sulfide) groups is 1. The van der Waals surface area contributed by atoms with Crippen LogP contribution in [0, 0.1) is 0 Å². The van der Waals surface area contributed by atoms with Crippen LogP contribution < -0.4 is 0 Å². The van der Waals surface area contributed by atoms with Crippen molar-refractivity contribution in [3.05, 3.63) is 35.2 Å². The van der Waals surface area contributed by atoms with Crippen LogP contribution in [0.3, 0.4) is 0 Å². The Morgan fingerprint density at radius 1 is 1.16 bits per heavy atom. The van der Waals surface area contributed by atoms with Gasteiger partial charge in [-0.1, -0.05) is 29.0 Å². The molecule has 0 saturated carbocycles. The lowest BCUT2D eigenvalue weighted by atomic mass is 10.1. The van der Waals surface area contributed by atoms with Crippen molar-refractivity contribution < 1.29 is 9.11 Å². The highest BCUT2D eigenvalue weighted by Crippen LogP contribution is 2.35. The Morgan fingerprint density at radius 3 is 2.32 bits per heavy atom. The fourth-order valence-electron chi connectivity index (χ4n) is 2.03. The predicted octanol–water partition coefficient (Wildman–Crippen LogP) is 3.33. The smallest absolute Gasteiger partial charge is 0.152 e. The van der Waals surface area contributed by atoms with E-state index >= 15 is 0 Å². The molecule has 1 aliphatic rings. The highest BCUT2D eigenvalue weighted by molar-refractivity contribution is 8.03. The first-order valence-electron chi connectivity index (χ1n) is 6.19. The lowest BCUT2D eigenvalue weighted by molar-refractivity contribution is 0.572. The van der Waals surface area contributed by atoms with E-state index in [1.54, 1.807) is 24.3 Å². The van der Waals surface area contributed by atoms with Crippen LogP contribution in [-0.4, -0.2) is 26.9 Å². The zero-order valence-corrected chi connectivity index (χ0v) is 13.6. The van der Waals surface area contributed by atoms with Gasteiger partial charge in [-0.3, -0.25) is 0 Å². The quantitative estimate of drug-likeness (QED) is 0.801. The SMILES string of the molecule is C[S+]([O-])c1ccc(SC2=CCC([S+](C)[O-])CC2)cc1. The standard InChI is InChI=1S/C14H18O2S3/c1-18(15)13-7-3-11(4-8-13)17-12-5-9-14(10-6-12)19(2)16/h3-5,7-8,14H,6,9-10H2,1-2H3. The number of rotatable bonds is 4. The summed E-state index contributed by atoms with van der Waals surface area (Å²) in [7, 11) is 0. The molecular weight excluding hydrogens is 296 g/mol. The van der Waals surface area contributed by atoms with Crippen molar-refractivity contribution >= 4 is 34.1 Å². The number of allylic oxidation sites excluding steroid dienone is 2. The highest BCUT2D eigenvalue weighted by Gasteiger charge is 2.21. The molecule has 0 N–H and O–H groups in total. The van der Waals surface area contributed by atoms with Crippen molar-refractivity contribution in [3.63, 3.8) is 0 Å². The summed E-state index contributed by atoms with van der Waals surface area (Å²) in [6.45, 7) is 0. The molecule has 3 atom stereocenters. The summed E-state index contributed by atoms with van der Waals surface area (Å²) in [4.78, 5) is 3.40. The Hall–Kier alpha value is -0.0700. The second kappa shape index (κ2) is 7.09. The molecular formula is C14H18O2S3. The number of hydrogen-bond acceptors (Lipinski definition) is 3. The van der Waals surface area contributed by atoms with Crippen molar-refractivity contribution in [1.29, 1.82) is 0 Å². The van der Waals surface area contributed by atoms with Gasteiger partial charge in [0.15, 0.2) is 4.90 Å². The van der Waals surface area contributed by atoms with Gasteiger partial charge in [-0.25, -0.2) is 0 Å². The van der Waals surface area contributed by atoms with Gasteiger partial charge >= 0.3 is 0 Å². The molecule has 1 aromatic rings. The second-order valence-corrected chi connectivity index (χ2v) is 8.84. The van der Waals surface area contributed by atoms with Crippen LogP contribution in [0.2, 0.25) is 0 Å². The van der Waals surface area contributed by atoms with Crippen LogP contribution in [0.25, 0.3) is 0 Å². The van der Waals surface area contributed by atoms with Crippen LogP contribution in [0.1, 0.15) is 19.3 Å². The average Bonchev–Trinajstić information content (AvgIpc) is 2.40. The van der Waals surface area contributed by atoms with Crippen LogP contribution in [0.4, 0.5) is 0 Å². The molecule has 2 rings (SSSR count). The van der Waals surface area contributed by atoms with Crippen LogP contribution in [0.5, 0.6) is 0 Å². The largest absolute Gasteiger partial charge is 0.616 e. The van der Waals surface area contributed by atoms with Gasteiger partial charge in [-0.2, -0.15) is 0 Å². The van der Waals surface area contributed by atoms with E-state index in [1.165, 1.54) is 9.80 Å². The molecule has 0 saturated heterocycles. The minimum atomic E-state index is -0.912. The summed E-state index contributed by atoms with van der Waals surface area (Å²) in [6, 6.07) is 7.88. The third kappa shape index (κ3) is 4.46. The van der Waals surface area contributed by atoms with E-state index in [4.69, 9.17) is 0 Å². The van der Waals surface area contributed by atoms with Crippen LogP contribution in [-0.2, 0) is 22.4 Å². The Bertz CT molecular complexity index is 441. The van der Waals surface area contributed by atoms with E-state index in [2.05, 4.69) is 6.08 Å². The van der Waals surface area contributed by atoms with E-state index < -0.39 is 22.4 Å². The molecule has 0 heterocycles. The number of hydrogen-bond donors (Lipinski definition) is 0. The molecule has 0 radical (unpaired) electrons. The van der Waals surface area contributed by atoms with Crippen molar-refractivity contribution in [3.8, 4) is 0 Å². The minimum absolute atomic E-state index is 0.328. The van der Waals surface area contributed by atoms with E-state index in [-0.39, 0.29) is 0 Å². The maximum Gasteiger partial charge on any atom is 0.152 e. The zero-order chi connectivity index (χ0) is 13.8. The van der Waals surface area contributed by atoms with Crippen molar-refractivity contribution in [2.24, 2.45) is 0 Å². The van der Waals surface area contributed by atoms with Crippen molar-refractivity contribution in [2.75, 3.05) is 12.5 Å².